The minimum atomic E-state index is -1.27. The minimum absolute atomic E-state index is 0.399. The van der Waals surface area contributed by atoms with Gasteiger partial charge >= 0.3 is 0 Å². The lowest BCUT2D eigenvalue weighted by Gasteiger charge is -2.42. The van der Waals surface area contributed by atoms with E-state index in [1.807, 2.05) is 0 Å². The van der Waals surface area contributed by atoms with Gasteiger partial charge in [0, 0.05) is 11.4 Å². The average molecular weight is 272 g/mol. The third kappa shape index (κ3) is 2.81. The van der Waals surface area contributed by atoms with Crippen LogP contribution in [0.4, 0.5) is 0 Å². The van der Waals surface area contributed by atoms with Crippen LogP contribution in [0.5, 0.6) is 0 Å². The van der Waals surface area contributed by atoms with Gasteiger partial charge in [-0.3, -0.25) is 0 Å². The van der Waals surface area contributed by atoms with Crippen molar-refractivity contribution in [2.45, 2.75) is 48.2 Å². The largest absolute Gasteiger partial charge is 0.388 e. The maximum Gasteiger partial charge on any atom is 0.132 e. The highest BCUT2D eigenvalue weighted by atomic mass is 35.5. The van der Waals surface area contributed by atoms with E-state index >= 15 is 0 Å². The lowest BCUT2D eigenvalue weighted by Crippen LogP contribution is -2.62. The molecule has 0 amide bonds. The van der Waals surface area contributed by atoms with Gasteiger partial charge in [0.05, 0.1) is 0 Å². The van der Waals surface area contributed by atoms with E-state index in [1.54, 1.807) is 13.2 Å². The summed E-state index contributed by atoms with van der Waals surface area (Å²) in [5.41, 5.74) is 5.18. The second kappa shape index (κ2) is 5.86. The van der Waals surface area contributed by atoms with Crippen LogP contribution in [-0.4, -0.2) is 62.8 Å². The number of nitrogens with two attached hydrogens (primary N) is 1. The quantitative estimate of drug-likeness (QED) is 0.498. The van der Waals surface area contributed by atoms with E-state index in [-0.39, 0.29) is 0 Å². The fraction of sp³-hybridized carbons (Fsp3) is 1.00. The van der Waals surface area contributed by atoms with E-state index in [2.05, 4.69) is 0 Å². The molecule has 16 heavy (non-hydrogen) atoms. The van der Waals surface area contributed by atoms with Crippen molar-refractivity contribution in [1.29, 1.82) is 0 Å². The molecule has 5 nitrogen and oxygen atoms in total. The molecule has 1 rings (SSSR count). The number of hydrogen-bond donors (Lipinski definition) is 4. The third-order valence-electron chi connectivity index (χ3n) is 2.75. The van der Waals surface area contributed by atoms with Crippen LogP contribution in [0.1, 0.15) is 6.92 Å². The number of ether oxygens (including phenoxy) is 1. The van der Waals surface area contributed by atoms with Gasteiger partial charge in [0.25, 0.3) is 0 Å². The standard InChI is InChI=1S/C9H18ClNO4S/c1-3(10)4(11)8-6(13)5(12)7(14)9(15-8)16-2/h3-9,12-14H,11H2,1-2H3/t3-,4?,5?,6?,7?,8?,9?/m0/s1. The molecule has 1 aliphatic heterocycles. The Hall–Kier alpha value is 0.440. The third-order valence-corrected chi connectivity index (χ3v) is 3.89. The van der Waals surface area contributed by atoms with Crippen molar-refractivity contribution in [2.75, 3.05) is 6.26 Å². The van der Waals surface area contributed by atoms with Crippen LogP contribution in [0.3, 0.4) is 0 Å². The molecule has 1 aliphatic rings. The van der Waals surface area contributed by atoms with Gasteiger partial charge in [-0.25, -0.2) is 0 Å². The fourth-order valence-corrected chi connectivity index (χ4v) is 2.47. The molecule has 0 aliphatic carbocycles. The Morgan fingerprint density at radius 1 is 1.25 bits per heavy atom. The van der Waals surface area contributed by atoms with Gasteiger partial charge in [0.2, 0.25) is 0 Å². The minimum Gasteiger partial charge on any atom is -0.388 e. The summed E-state index contributed by atoms with van der Waals surface area (Å²) in [6.45, 7) is 1.69. The Balaban J connectivity index is 2.78. The summed E-state index contributed by atoms with van der Waals surface area (Å²) in [7, 11) is 0. The van der Waals surface area contributed by atoms with E-state index in [9.17, 15) is 15.3 Å². The van der Waals surface area contributed by atoms with Gasteiger partial charge in [0.15, 0.2) is 0 Å². The van der Waals surface area contributed by atoms with Crippen LogP contribution < -0.4 is 5.73 Å². The summed E-state index contributed by atoms with van der Waals surface area (Å²) in [5.74, 6) is 0. The molecule has 1 saturated heterocycles. The van der Waals surface area contributed by atoms with Crippen LogP contribution in [0.25, 0.3) is 0 Å². The second-order valence-corrected chi connectivity index (χ2v) is 5.56. The SMILES string of the molecule is CSC1OC(C(N)[C@H](C)Cl)C(O)C(O)C1O. The Labute approximate surface area is 104 Å². The molecule has 0 saturated carbocycles. The van der Waals surface area contributed by atoms with E-state index < -0.39 is 41.3 Å². The topological polar surface area (TPSA) is 95.9 Å². The summed E-state index contributed by atoms with van der Waals surface area (Å²) in [4.78, 5) is 0. The Kier molecular flexibility index (Phi) is 5.31. The zero-order chi connectivity index (χ0) is 12.5. The van der Waals surface area contributed by atoms with Gasteiger partial charge in [0.1, 0.15) is 29.9 Å². The second-order valence-electron chi connectivity index (χ2n) is 3.93. The predicted molar refractivity (Wildman–Crippen MR) is 63.5 cm³/mol. The van der Waals surface area contributed by atoms with E-state index in [0.717, 1.165) is 0 Å². The van der Waals surface area contributed by atoms with Crippen molar-refractivity contribution in [1.82, 2.24) is 0 Å². The number of alkyl halides is 1. The molecule has 0 bridgehead atoms. The number of aliphatic hydroxyl groups excluding tert-OH is 3. The van der Waals surface area contributed by atoms with Gasteiger partial charge in [-0.1, -0.05) is 0 Å². The lowest BCUT2D eigenvalue weighted by atomic mass is 9.94. The number of rotatable bonds is 3. The van der Waals surface area contributed by atoms with Crippen LogP contribution in [0.15, 0.2) is 0 Å². The highest BCUT2D eigenvalue weighted by Crippen LogP contribution is 2.29. The van der Waals surface area contributed by atoms with E-state index in [1.165, 1.54) is 11.8 Å². The summed E-state index contributed by atoms with van der Waals surface area (Å²) in [6, 6.07) is -0.603. The van der Waals surface area contributed by atoms with E-state index in [0.29, 0.717) is 0 Å². The van der Waals surface area contributed by atoms with Crippen molar-refractivity contribution < 1.29 is 20.1 Å². The summed E-state index contributed by atoms with van der Waals surface area (Å²) >= 11 is 7.09. The molecule has 7 atom stereocenters. The molecule has 7 heteroatoms. The molecule has 5 N–H and O–H groups in total. The summed E-state index contributed by atoms with van der Waals surface area (Å²) in [5, 5.41) is 28.6. The van der Waals surface area contributed by atoms with Gasteiger partial charge < -0.3 is 25.8 Å². The van der Waals surface area contributed by atoms with Crippen molar-refractivity contribution in [3.05, 3.63) is 0 Å². The Morgan fingerprint density at radius 2 is 1.81 bits per heavy atom. The molecule has 0 aromatic carbocycles. The maximum absolute atomic E-state index is 9.76. The van der Waals surface area contributed by atoms with Crippen LogP contribution in [0.2, 0.25) is 0 Å². The monoisotopic (exact) mass is 271 g/mol. The molecule has 1 heterocycles. The van der Waals surface area contributed by atoms with Crippen LogP contribution in [-0.2, 0) is 4.74 Å². The first-order chi connectivity index (χ1) is 7.40. The molecule has 0 spiro atoms. The first-order valence-corrected chi connectivity index (χ1v) is 6.74. The van der Waals surface area contributed by atoms with Crippen LogP contribution >= 0.6 is 23.4 Å². The van der Waals surface area contributed by atoms with E-state index in [4.69, 9.17) is 22.1 Å². The van der Waals surface area contributed by atoms with Crippen molar-refractivity contribution in [3.63, 3.8) is 0 Å². The zero-order valence-corrected chi connectivity index (χ0v) is 10.7. The zero-order valence-electron chi connectivity index (χ0n) is 9.15. The number of aliphatic hydroxyl groups is 3. The maximum atomic E-state index is 9.76. The Morgan fingerprint density at radius 3 is 2.25 bits per heavy atom. The predicted octanol–water partition coefficient (Wildman–Crippen LogP) is -0.888. The van der Waals surface area contributed by atoms with Gasteiger partial charge in [-0.05, 0) is 13.2 Å². The molecule has 0 aromatic rings. The Bertz CT molecular complexity index is 232. The molecular formula is C9H18ClNO4S. The van der Waals surface area contributed by atoms with Crippen molar-refractivity contribution >= 4 is 23.4 Å². The van der Waals surface area contributed by atoms with Crippen LogP contribution in [0, 0.1) is 0 Å². The molecular weight excluding hydrogens is 254 g/mol. The summed E-state index contributed by atoms with van der Waals surface area (Å²) < 4.78 is 5.45. The highest BCUT2D eigenvalue weighted by molar-refractivity contribution is 7.99. The normalized spacial score (nSPS) is 44.1. The first kappa shape index (κ1) is 14.5. The number of thioether (sulfide) groups is 1. The van der Waals surface area contributed by atoms with Crippen molar-refractivity contribution in [3.8, 4) is 0 Å². The lowest BCUT2D eigenvalue weighted by molar-refractivity contribution is -0.202. The molecule has 96 valence electrons. The van der Waals surface area contributed by atoms with Crippen molar-refractivity contribution in [2.24, 2.45) is 5.73 Å². The fourth-order valence-electron chi connectivity index (χ4n) is 1.65. The number of hydrogen-bond acceptors (Lipinski definition) is 6. The first-order valence-electron chi connectivity index (χ1n) is 5.02. The smallest absolute Gasteiger partial charge is 0.132 e. The molecule has 6 unspecified atom stereocenters. The highest BCUT2D eigenvalue weighted by Gasteiger charge is 2.46. The molecule has 1 fully saturated rings. The summed E-state index contributed by atoms with van der Waals surface area (Å²) in [6.07, 6.45) is -2.65. The van der Waals surface area contributed by atoms with Gasteiger partial charge in [-0.15, -0.1) is 23.4 Å². The average Bonchev–Trinajstić information content (AvgIpc) is 2.25. The molecule has 0 aromatic heterocycles. The number of halogens is 1. The molecule has 0 radical (unpaired) electrons. The van der Waals surface area contributed by atoms with Gasteiger partial charge in [-0.2, -0.15) is 0 Å².